The molecule has 1 unspecified atom stereocenters. The van der Waals surface area contributed by atoms with Crippen molar-refractivity contribution in [1.29, 1.82) is 0 Å². The Morgan fingerprint density at radius 3 is 2.50 bits per heavy atom. The summed E-state index contributed by atoms with van der Waals surface area (Å²) in [6.45, 7) is 5.78. The molecule has 0 bridgehead atoms. The van der Waals surface area contributed by atoms with E-state index in [1.165, 1.54) is 11.6 Å². The predicted octanol–water partition coefficient (Wildman–Crippen LogP) is 3.56. The van der Waals surface area contributed by atoms with Crippen LogP contribution in [0.2, 0.25) is 0 Å². The molecule has 1 aromatic carbocycles. The minimum atomic E-state index is -1.03. The lowest BCUT2D eigenvalue weighted by molar-refractivity contribution is 0.0655. The second-order valence-electron chi connectivity index (χ2n) is 4.73. The first-order valence-corrected chi connectivity index (χ1v) is 6.72. The summed E-state index contributed by atoms with van der Waals surface area (Å²) in [5.41, 5.74) is 1.23. The van der Waals surface area contributed by atoms with Crippen LogP contribution >= 0.6 is 0 Å². The fraction of sp³-hybridized carbons (Fsp3) is 0.312. The number of rotatable bonds is 6. The Morgan fingerprint density at radius 2 is 1.95 bits per heavy atom. The van der Waals surface area contributed by atoms with Crippen molar-refractivity contribution in [2.45, 2.75) is 26.4 Å². The van der Waals surface area contributed by atoms with Crippen molar-refractivity contribution in [3.8, 4) is 0 Å². The second-order valence-corrected chi connectivity index (χ2v) is 4.73. The predicted molar refractivity (Wildman–Crippen MR) is 76.6 cm³/mol. The smallest absolute Gasteiger partial charge is 0.371 e. The summed E-state index contributed by atoms with van der Waals surface area (Å²) < 4.78 is 5.39. The zero-order valence-corrected chi connectivity index (χ0v) is 11.7. The van der Waals surface area contributed by atoms with E-state index in [0.717, 1.165) is 13.1 Å². The highest BCUT2D eigenvalue weighted by Gasteiger charge is 2.19. The van der Waals surface area contributed by atoms with E-state index in [9.17, 15) is 4.79 Å². The molecule has 106 valence electrons. The Kier molecular flexibility index (Phi) is 4.58. The average Bonchev–Trinajstić information content (AvgIpc) is 2.95. The van der Waals surface area contributed by atoms with E-state index in [1.54, 1.807) is 6.07 Å². The van der Waals surface area contributed by atoms with Crippen molar-refractivity contribution in [2.24, 2.45) is 0 Å². The summed E-state index contributed by atoms with van der Waals surface area (Å²) in [6.07, 6.45) is 0. The number of carbonyl (C=O) groups is 1. The van der Waals surface area contributed by atoms with E-state index in [1.807, 2.05) is 25.1 Å². The van der Waals surface area contributed by atoms with Gasteiger partial charge in [0.25, 0.3) is 0 Å². The molecule has 0 aliphatic carbocycles. The molecule has 0 spiro atoms. The number of hydrogen-bond acceptors (Lipinski definition) is 3. The molecule has 4 heteroatoms. The largest absolute Gasteiger partial charge is 0.475 e. The topological polar surface area (TPSA) is 53.7 Å². The third-order valence-corrected chi connectivity index (χ3v) is 3.43. The molecule has 4 nitrogen and oxygen atoms in total. The Balaban J connectivity index is 2.11. The molecule has 2 aromatic rings. The van der Waals surface area contributed by atoms with Crippen molar-refractivity contribution < 1.29 is 14.3 Å². The third kappa shape index (κ3) is 3.27. The minimum absolute atomic E-state index is 0.0115. The summed E-state index contributed by atoms with van der Waals surface area (Å²) in [4.78, 5) is 13.1. The third-order valence-electron chi connectivity index (χ3n) is 3.43. The van der Waals surface area contributed by atoms with Crippen LogP contribution in [-0.4, -0.2) is 22.5 Å². The molecule has 20 heavy (non-hydrogen) atoms. The SMILES string of the molecule is CCN(Cc1ccccc1)C(C)c1ccc(C(=O)O)o1. The summed E-state index contributed by atoms with van der Waals surface area (Å²) >= 11 is 0. The van der Waals surface area contributed by atoms with Gasteiger partial charge in [0.1, 0.15) is 5.76 Å². The van der Waals surface area contributed by atoms with E-state index in [4.69, 9.17) is 9.52 Å². The standard InChI is InChI=1S/C16H19NO3/c1-3-17(11-13-7-5-4-6-8-13)12(2)14-9-10-15(20-14)16(18)19/h4-10,12H,3,11H2,1-2H3,(H,18,19). The molecule has 0 saturated carbocycles. The fourth-order valence-corrected chi connectivity index (χ4v) is 2.21. The number of carboxylic acid groups (broad SMARTS) is 1. The second kappa shape index (κ2) is 6.39. The van der Waals surface area contributed by atoms with Gasteiger partial charge in [-0.1, -0.05) is 37.3 Å². The molecular formula is C16H19NO3. The first kappa shape index (κ1) is 14.3. The van der Waals surface area contributed by atoms with Crippen LogP contribution < -0.4 is 0 Å². The van der Waals surface area contributed by atoms with Crippen LogP contribution in [-0.2, 0) is 6.54 Å². The molecule has 1 aromatic heterocycles. The van der Waals surface area contributed by atoms with Gasteiger partial charge in [-0.2, -0.15) is 0 Å². The van der Waals surface area contributed by atoms with Crippen LogP contribution in [0.4, 0.5) is 0 Å². The van der Waals surface area contributed by atoms with Crippen molar-refractivity contribution in [3.63, 3.8) is 0 Å². The molecule has 2 rings (SSSR count). The maximum atomic E-state index is 10.9. The number of hydrogen-bond donors (Lipinski definition) is 1. The maximum absolute atomic E-state index is 10.9. The molecule has 1 heterocycles. The van der Waals surface area contributed by atoms with Gasteiger partial charge >= 0.3 is 5.97 Å². The van der Waals surface area contributed by atoms with Crippen LogP contribution in [0.5, 0.6) is 0 Å². The Hall–Kier alpha value is -2.07. The number of aromatic carboxylic acids is 1. The zero-order chi connectivity index (χ0) is 14.5. The number of nitrogens with zero attached hydrogens (tertiary/aromatic N) is 1. The van der Waals surface area contributed by atoms with Crippen molar-refractivity contribution in [1.82, 2.24) is 4.90 Å². The van der Waals surface area contributed by atoms with Gasteiger partial charge in [-0.15, -0.1) is 0 Å². The molecule has 0 saturated heterocycles. The summed E-state index contributed by atoms with van der Waals surface area (Å²) in [6, 6.07) is 13.5. The number of benzene rings is 1. The van der Waals surface area contributed by atoms with Gasteiger partial charge in [0.05, 0.1) is 6.04 Å². The van der Waals surface area contributed by atoms with Crippen LogP contribution in [0, 0.1) is 0 Å². The van der Waals surface area contributed by atoms with Crippen molar-refractivity contribution in [2.75, 3.05) is 6.54 Å². The number of furan rings is 1. The van der Waals surface area contributed by atoms with E-state index < -0.39 is 5.97 Å². The number of carboxylic acids is 1. The lowest BCUT2D eigenvalue weighted by Crippen LogP contribution is -2.26. The van der Waals surface area contributed by atoms with Crippen LogP contribution in [0.3, 0.4) is 0 Å². The normalized spacial score (nSPS) is 12.6. The lowest BCUT2D eigenvalue weighted by Gasteiger charge is -2.26. The van der Waals surface area contributed by atoms with E-state index >= 15 is 0 Å². The van der Waals surface area contributed by atoms with Crippen LogP contribution in [0.1, 0.15) is 41.8 Å². The van der Waals surface area contributed by atoms with Gasteiger partial charge in [-0.25, -0.2) is 4.79 Å². The maximum Gasteiger partial charge on any atom is 0.371 e. The van der Waals surface area contributed by atoms with Gasteiger partial charge in [0.15, 0.2) is 0 Å². The van der Waals surface area contributed by atoms with Gasteiger partial charge in [0, 0.05) is 6.54 Å². The highest BCUT2D eigenvalue weighted by molar-refractivity contribution is 5.84. The Bertz CT molecular complexity index is 562. The molecule has 0 aliphatic rings. The van der Waals surface area contributed by atoms with Crippen LogP contribution in [0.15, 0.2) is 46.9 Å². The molecule has 0 aliphatic heterocycles. The summed E-state index contributed by atoms with van der Waals surface area (Å²) in [5, 5.41) is 8.90. The van der Waals surface area contributed by atoms with E-state index in [2.05, 4.69) is 24.0 Å². The highest BCUT2D eigenvalue weighted by Crippen LogP contribution is 2.24. The average molecular weight is 273 g/mol. The molecular weight excluding hydrogens is 254 g/mol. The quantitative estimate of drug-likeness (QED) is 0.874. The minimum Gasteiger partial charge on any atom is -0.475 e. The van der Waals surface area contributed by atoms with Crippen molar-refractivity contribution in [3.05, 3.63) is 59.5 Å². The molecule has 1 atom stereocenters. The summed E-state index contributed by atoms with van der Waals surface area (Å²) in [7, 11) is 0. The van der Waals surface area contributed by atoms with Gasteiger partial charge in [-0.3, -0.25) is 4.90 Å². The van der Waals surface area contributed by atoms with E-state index in [-0.39, 0.29) is 11.8 Å². The highest BCUT2D eigenvalue weighted by atomic mass is 16.4. The summed E-state index contributed by atoms with van der Waals surface area (Å²) in [5.74, 6) is -0.364. The molecule has 0 radical (unpaired) electrons. The van der Waals surface area contributed by atoms with Gasteiger partial charge < -0.3 is 9.52 Å². The fourth-order valence-electron chi connectivity index (χ4n) is 2.21. The molecule has 0 amide bonds. The van der Waals surface area contributed by atoms with Gasteiger partial charge in [-0.05, 0) is 31.2 Å². The lowest BCUT2D eigenvalue weighted by atomic mass is 10.1. The molecule has 1 N–H and O–H groups in total. The zero-order valence-electron chi connectivity index (χ0n) is 11.7. The molecule has 0 fully saturated rings. The Morgan fingerprint density at radius 1 is 1.25 bits per heavy atom. The Labute approximate surface area is 118 Å². The van der Waals surface area contributed by atoms with Gasteiger partial charge in [0.2, 0.25) is 5.76 Å². The van der Waals surface area contributed by atoms with Crippen molar-refractivity contribution >= 4 is 5.97 Å². The van der Waals surface area contributed by atoms with Crippen LogP contribution in [0.25, 0.3) is 0 Å². The monoisotopic (exact) mass is 273 g/mol. The first-order chi connectivity index (χ1) is 9.61. The van der Waals surface area contributed by atoms with E-state index in [0.29, 0.717) is 5.76 Å². The first-order valence-electron chi connectivity index (χ1n) is 6.72.